The topological polar surface area (TPSA) is 122 Å². The van der Waals surface area contributed by atoms with Crippen LogP contribution in [-0.4, -0.2) is 84.3 Å². The maximum atomic E-state index is 13.1. The number of pyridine rings is 1. The molecule has 1 fully saturated rings. The van der Waals surface area contributed by atoms with E-state index in [1.807, 2.05) is 11.9 Å². The van der Waals surface area contributed by atoms with Gasteiger partial charge in [0.1, 0.15) is 16.9 Å². The first-order valence-corrected chi connectivity index (χ1v) is 10.4. The van der Waals surface area contributed by atoms with E-state index in [-0.39, 0.29) is 23.6 Å². The number of hydrogen-bond acceptors (Lipinski definition) is 8. The molecule has 1 aromatic heterocycles. The highest BCUT2D eigenvalue weighted by Gasteiger charge is 2.76. The third-order valence-corrected chi connectivity index (χ3v) is 6.76. The van der Waals surface area contributed by atoms with Gasteiger partial charge >= 0.3 is 5.97 Å². The Balaban J connectivity index is 1.92. The second kappa shape index (κ2) is 8.32. The van der Waals surface area contributed by atoms with Crippen LogP contribution in [0.5, 0.6) is 11.5 Å². The van der Waals surface area contributed by atoms with Crippen LogP contribution < -0.4 is 9.47 Å². The molecule has 32 heavy (non-hydrogen) atoms. The van der Waals surface area contributed by atoms with Crippen molar-refractivity contribution in [2.45, 2.75) is 23.2 Å². The second-order valence-electron chi connectivity index (χ2n) is 8.38. The molecule has 3 N–H and O–H groups in total. The maximum Gasteiger partial charge on any atom is 0.318 e. The van der Waals surface area contributed by atoms with Crippen LogP contribution in [0.4, 0.5) is 0 Å². The Labute approximate surface area is 186 Å². The zero-order chi connectivity index (χ0) is 23.1. The van der Waals surface area contributed by atoms with Gasteiger partial charge in [-0.2, -0.15) is 0 Å². The van der Waals surface area contributed by atoms with E-state index in [2.05, 4.69) is 4.98 Å². The van der Waals surface area contributed by atoms with Crippen molar-refractivity contribution < 1.29 is 34.3 Å². The third kappa shape index (κ3) is 3.00. The van der Waals surface area contributed by atoms with E-state index in [0.717, 1.165) is 0 Å². The van der Waals surface area contributed by atoms with Gasteiger partial charge in [-0.25, -0.2) is 0 Å². The molecule has 1 unspecified atom stereocenters. The van der Waals surface area contributed by atoms with Crippen molar-refractivity contribution in [3.8, 4) is 11.5 Å². The van der Waals surface area contributed by atoms with Crippen LogP contribution in [0.25, 0.3) is 0 Å². The van der Waals surface area contributed by atoms with Crippen LogP contribution in [-0.2, 0) is 20.5 Å². The molecule has 2 aliphatic rings. The Kier molecular flexibility index (Phi) is 5.85. The number of aromatic nitrogens is 1. The Bertz CT molecular complexity index is 988. The molecule has 0 bridgehead atoms. The molecule has 9 heteroatoms. The number of rotatable bonds is 8. The van der Waals surface area contributed by atoms with Crippen molar-refractivity contribution in [3.63, 3.8) is 0 Å². The van der Waals surface area contributed by atoms with Gasteiger partial charge < -0.3 is 34.4 Å². The number of aliphatic hydroxyl groups excluding tert-OH is 1. The summed E-state index contributed by atoms with van der Waals surface area (Å²) >= 11 is 0. The van der Waals surface area contributed by atoms with Crippen LogP contribution >= 0.6 is 0 Å². The highest BCUT2D eigenvalue weighted by atomic mass is 16.5. The van der Waals surface area contributed by atoms with Gasteiger partial charge in [0.25, 0.3) is 0 Å². The molecular formula is C23H28N2O7. The van der Waals surface area contributed by atoms with Gasteiger partial charge in [-0.15, -0.1) is 0 Å². The number of fused-ring (bicyclic) bond motifs is 3. The first kappa shape index (κ1) is 22.5. The Morgan fingerprint density at radius 1 is 1.25 bits per heavy atom. The maximum absolute atomic E-state index is 13.1. The van der Waals surface area contributed by atoms with Crippen molar-refractivity contribution in [2.24, 2.45) is 5.92 Å². The average Bonchev–Trinajstić information content (AvgIpc) is 3.20. The van der Waals surface area contributed by atoms with Gasteiger partial charge in [0.15, 0.2) is 11.7 Å². The van der Waals surface area contributed by atoms with E-state index >= 15 is 0 Å². The molecule has 4 rings (SSSR count). The summed E-state index contributed by atoms with van der Waals surface area (Å²) in [5.41, 5.74) is -3.08. The van der Waals surface area contributed by atoms with Gasteiger partial charge in [-0.1, -0.05) is 30.3 Å². The van der Waals surface area contributed by atoms with Crippen LogP contribution in [0.1, 0.15) is 11.1 Å². The lowest BCUT2D eigenvalue weighted by Crippen LogP contribution is -2.54. The van der Waals surface area contributed by atoms with Crippen LogP contribution in [0, 0.1) is 5.92 Å². The van der Waals surface area contributed by atoms with Gasteiger partial charge in [0, 0.05) is 26.1 Å². The van der Waals surface area contributed by atoms with Gasteiger partial charge in [0.2, 0.25) is 0 Å². The average molecular weight is 444 g/mol. The molecular weight excluding hydrogens is 416 g/mol. The minimum Gasteiger partial charge on any atom is -0.495 e. The Hall–Kier alpha value is -2.72. The van der Waals surface area contributed by atoms with E-state index in [9.17, 15) is 20.1 Å². The SMILES string of the molecule is COCCN(C)C[C@H]1[C@@H](O)[C@@]2(O)c3c(OC)cncc3O[C@@H]2C1(C(=O)O)c1ccccc1. The summed E-state index contributed by atoms with van der Waals surface area (Å²) in [6.45, 7) is 1.16. The molecule has 172 valence electrons. The quantitative estimate of drug-likeness (QED) is 0.538. The monoisotopic (exact) mass is 444 g/mol. The fourth-order valence-corrected chi connectivity index (χ4v) is 5.29. The molecule has 1 aliphatic heterocycles. The molecule has 1 aromatic carbocycles. The number of likely N-dealkylation sites (N-methyl/N-ethyl adjacent to an activating group) is 1. The zero-order valence-corrected chi connectivity index (χ0v) is 18.3. The minimum atomic E-state index is -2.01. The van der Waals surface area contributed by atoms with E-state index in [0.29, 0.717) is 18.7 Å². The number of ether oxygens (including phenoxy) is 3. The summed E-state index contributed by atoms with van der Waals surface area (Å²) < 4.78 is 16.6. The summed E-state index contributed by atoms with van der Waals surface area (Å²) in [7, 11) is 4.83. The highest BCUT2D eigenvalue weighted by molar-refractivity contribution is 5.85. The van der Waals surface area contributed by atoms with E-state index in [4.69, 9.17) is 14.2 Å². The molecule has 2 aromatic rings. The third-order valence-electron chi connectivity index (χ3n) is 6.76. The molecule has 0 amide bonds. The summed E-state index contributed by atoms with van der Waals surface area (Å²) in [5.74, 6) is -1.66. The number of carboxylic acids is 1. The van der Waals surface area contributed by atoms with Crippen LogP contribution in [0.2, 0.25) is 0 Å². The fraction of sp³-hybridized carbons (Fsp3) is 0.478. The highest BCUT2D eigenvalue weighted by Crippen LogP contribution is 2.62. The predicted octanol–water partition coefficient (Wildman–Crippen LogP) is 0.630. The molecule has 0 saturated heterocycles. The molecule has 9 nitrogen and oxygen atoms in total. The Morgan fingerprint density at radius 3 is 2.59 bits per heavy atom. The van der Waals surface area contributed by atoms with Crippen molar-refractivity contribution in [3.05, 3.63) is 53.9 Å². The van der Waals surface area contributed by atoms with E-state index < -0.39 is 35.1 Å². The standard InChI is InChI=1S/C23H28N2O7/c1-25(9-10-30-2)13-15-19(26)23(29)18-16(31-3)11-24-12-17(18)32-20(23)22(15,21(27)28)14-7-5-4-6-8-14/h4-8,11-12,15,19-20,26,29H,9-10,13H2,1-3H3,(H,27,28)/t15-,19+,20+,22?,23-/m0/s1. The summed E-state index contributed by atoms with van der Waals surface area (Å²) in [5, 5.41) is 34.2. The molecule has 5 atom stereocenters. The van der Waals surface area contributed by atoms with Gasteiger partial charge in [-0.3, -0.25) is 9.78 Å². The smallest absolute Gasteiger partial charge is 0.318 e. The van der Waals surface area contributed by atoms with Crippen molar-refractivity contribution in [2.75, 3.05) is 41.0 Å². The van der Waals surface area contributed by atoms with E-state index in [1.54, 1.807) is 37.4 Å². The molecule has 2 heterocycles. The summed E-state index contributed by atoms with van der Waals surface area (Å²) in [4.78, 5) is 19.0. The lowest BCUT2D eigenvalue weighted by Gasteiger charge is -2.37. The number of benzene rings is 1. The van der Waals surface area contributed by atoms with E-state index in [1.165, 1.54) is 19.5 Å². The summed E-state index contributed by atoms with van der Waals surface area (Å²) in [6.07, 6.45) is 0.0707. The van der Waals surface area contributed by atoms with Crippen LogP contribution in [0.3, 0.4) is 0 Å². The van der Waals surface area contributed by atoms with Crippen molar-refractivity contribution >= 4 is 5.97 Å². The zero-order valence-electron chi connectivity index (χ0n) is 18.3. The minimum absolute atomic E-state index is 0.191. The number of hydrogen-bond donors (Lipinski definition) is 3. The Morgan fingerprint density at radius 2 is 1.97 bits per heavy atom. The van der Waals surface area contributed by atoms with Gasteiger partial charge in [0.05, 0.1) is 37.8 Å². The molecule has 1 aliphatic carbocycles. The summed E-state index contributed by atoms with van der Waals surface area (Å²) in [6, 6.07) is 8.64. The molecule has 1 saturated carbocycles. The van der Waals surface area contributed by atoms with Crippen LogP contribution in [0.15, 0.2) is 42.7 Å². The number of carboxylic acid groups (broad SMARTS) is 1. The fourth-order valence-electron chi connectivity index (χ4n) is 5.29. The first-order valence-electron chi connectivity index (χ1n) is 10.4. The predicted molar refractivity (Wildman–Crippen MR) is 114 cm³/mol. The normalized spacial score (nSPS) is 30.6. The molecule has 0 spiro atoms. The van der Waals surface area contributed by atoms with Crippen molar-refractivity contribution in [1.82, 2.24) is 9.88 Å². The van der Waals surface area contributed by atoms with Crippen molar-refractivity contribution in [1.29, 1.82) is 0 Å². The largest absolute Gasteiger partial charge is 0.495 e. The number of aliphatic carboxylic acids is 1. The number of nitrogens with zero attached hydrogens (tertiary/aromatic N) is 2. The number of methoxy groups -OCH3 is 2. The lowest BCUT2D eigenvalue weighted by molar-refractivity contribution is -0.152. The second-order valence-corrected chi connectivity index (χ2v) is 8.38. The number of aliphatic hydroxyl groups is 2. The lowest BCUT2D eigenvalue weighted by atomic mass is 9.69. The number of carbonyl (C=O) groups is 1. The van der Waals surface area contributed by atoms with Gasteiger partial charge in [-0.05, 0) is 12.6 Å². The first-order chi connectivity index (χ1) is 15.3. The molecule has 0 radical (unpaired) electrons.